The van der Waals surface area contributed by atoms with Gasteiger partial charge in [0.15, 0.2) is 0 Å². The molecule has 4 aromatic rings. The highest BCUT2D eigenvalue weighted by molar-refractivity contribution is 5.96. The first-order valence-corrected chi connectivity index (χ1v) is 8.53. The number of hydrogen-bond donors (Lipinski definition) is 1. The molecular formula is C23H18O. The van der Waals surface area contributed by atoms with Crippen LogP contribution in [0.2, 0.25) is 0 Å². The minimum absolute atomic E-state index is 0.415. The summed E-state index contributed by atoms with van der Waals surface area (Å²) in [4.78, 5) is 0. The average Bonchev–Trinajstić information content (AvgIpc) is 2.77. The van der Waals surface area contributed by atoms with Gasteiger partial charge in [0.25, 0.3) is 0 Å². The zero-order valence-electron chi connectivity index (χ0n) is 13.4. The molecule has 0 fully saturated rings. The predicted molar refractivity (Wildman–Crippen MR) is 100 cm³/mol. The Balaban J connectivity index is 1.89. The Labute approximate surface area is 141 Å². The molecular weight excluding hydrogens is 292 g/mol. The maximum absolute atomic E-state index is 10.8. The van der Waals surface area contributed by atoms with Crippen LogP contribution < -0.4 is 0 Å². The third-order valence-corrected chi connectivity index (χ3v) is 5.25. The van der Waals surface area contributed by atoms with Gasteiger partial charge in [0.05, 0.1) is 6.10 Å². The molecule has 0 saturated carbocycles. The Morgan fingerprint density at radius 1 is 0.708 bits per heavy atom. The van der Waals surface area contributed by atoms with Crippen LogP contribution in [0.1, 0.15) is 23.7 Å². The van der Waals surface area contributed by atoms with Crippen molar-refractivity contribution in [1.29, 1.82) is 0 Å². The zero-order chi connectivity index (χ0) is 16.1. The number of aliphatic hydroxyl groups is 1. The van der Waals surface area contributed by atoms with E-state index in [1.54, 1.807) is 0 Å². The number of rotatable bonds is 0. The summed E-state index contributed by atoms with van der Waals surface area (Å²) >= 11 is 0. The van der Waals surface area contributed by atoms with Gasteiger partial charge in [0.2, 0.25) is 0 Å². The van der Waals surface area contributed by atoms with E-state index in [2.05, 4.69) is 72.8 Å². The second-order valence-corrected chi connectivity index (χ2v) is 6.66. The van der Waals surface area contributed by atoms with Crippen LogP contribution in [0.15, 0.2) is 72.8 Å². The lowest BCUT2D eigenvalue weighted by atomic mass is 9.90. The SMILES string of the molecule is OC1CCc2cc3ccccc3cc2-c2ccc3ccccc3c21. The minimum Gasteiger partial charge on any atom is -0.388 e. The first kappa shape index (κ1) is 13.8. The van der Waals surface area contributed by atoms with E-state index >= 15 is 0 Å². The molecule has 5 rings (SSSR count). The molecule has 0 bridgehead atoms. The fourth-order valence-electron chi connectivity index (χ4n) is 4.07. The summed E-state index contributed by atoms with van der Waals surface area (Å²) in [5, 5.41) is 15.7. The number of aryl methyl sites for hydroxylation is 1. The van der Waals surface area contributed by atoms with E-state index in [1.807, 2.05) is 0 Å². The smallest absolute Gasteiger partial charge is 0.0805 e. The van der Waals surface area contributed by atoms with Crippen LogP contribution in [-0.2, 0) is 6.42 Å². The molecule has 1 atom stereocenters. The molecule has 116 valence electrons. The normalized spacial score (nSPS) is 16.6. The second kappa shape index (κ2) is 5.19. The lowest BCUT2D eigenvalue weighted by Gasteiger charge is -2.16. The highest BCUT2D eigenvalue weighted by atomic mass is 16.3. The van der Waals surface area contributed by atoms with Crippen molar-refractivity contribution in [2.75, 3.05) is 0 Å². The molecule has 24 heavy (non-hydrogen) atoms. The molecule has 4 aromatic carbocycles. The summed E-state index contributed by atoms with van der Waals surface area (Å²) in [6.07, 6.45) is 1.26. The number of fused-ring (bicyclic) bond motifs is 6. The molecule has 1 N–H and O–H groups in total. The molecule has 0 spiro atoms. The van der Waals surface area contributed by atoms with Crippen LogP contribution in [0.4, 0.5) is 0 Å². The van der Waals surface area contributed by atoms with Crippen molar-refractivity contribution >= 4 is 21.5 Å². The third kappa shape index (κ3) is 1.98. The van der Waals surface area contributed by atoms with Crippen LogP contribution in [0.3, 0.4) is 0 Å². The first-order chi connectivity index (χ1) is 11.8. The molecule has 0 aliphatic heterocycles. The van der Waals surface area contributed by atoms with E-state index < -0.39 is 6.10 Å². The van der Waals surface area contributed by atoms with Gasteiger partial charge in [-0.05, 0) is 62.7 Å². The molecule has 0 aromatic heterocycles. The Morgan fingerprint density at radius 2 is 1.42 bits per heavy atom. The minimum atomic E-state index is -0.415. The summed E-state index contributed by atoms with van der Waals surface area (Å²) in [5.74, 6) is 0. The molecule has 1 unspecified atom stereocenters. The summed E-state index contributed by atoms with van der Waals surface area (Å²) < 4.78 is 0. The molecule has 1 aliphatic carbocycles. The van der Waals surface area contributed by atoms with Gasteiger partial charge in [0.1, 0.15) is 0 Å². The highest BCUT2D eigenvalue weighted by Gasteiger charge is 2.23. The van der Waals surface area contributed by atoms with Gasteiger partial charge in [0, 0.05) is 0 Å². The zero-order valence-corrected chi connectivity index (χ0v) is 13.4. The van der Waals surface area contributed by atoms with Crippen LogP contribution in [0.5, 0.6) is 0 Å². The van der Waals surface area contributed by atoms with Gasteiger partial charge in [-0.2, -0.15) is 0 Å². The van der Waals surface area contributed by atoms with E-state index in [4.69, 9.17) is 0 Å². The second-order valence-electron chi connectivity index (χ2n) is 6.66. The molecule has 0 amide bonds. The van der Waals surface area contributed by atoms with Gasteiger partial charge < -0.3 is 5.11 Å². The van der Waals surface area contributed by atoms with Crippen molar-refractivity contribution in [3.05, 3.63) is 83.9 Å². The number of aliphatic hydroxyl groups excluding tert-OH is 1. The molecule has 1 nitrogen and oxygen atoms in total. The van der Waals surface area contributed by atoms with Crippen molar-refractivity contribution < 1.29 is 5.11 Å². The quantitative estimate of drug-likeness (QED) is 0.445. The third-order valence-electron chi connectivity index (χ3n) is 5.25. The van der Waals surface area contributed by atoms with Crippen molar-refractivity contribution in [1.82, 2.24) is 0 Å². The summed E-state index contributed by atoms with van der Waals surface area (Å²) in [5.41, 5.74) is 4.87. The van der Waals surface area contributed by atoms with Crippen LogP contribution >= 0.6 is 0 Å². The van der Waals surface area contributed by atoms with E-state index in [-0.39, 0.29) is 0 Å². The topological polar surface area (TPSA) is 20.2 Å². The maximum atomic E-state index is 10.8. The van der Waals surface area contributed by atoms with Gasteiger partial charge in [-0.3, -0.25) is 0 Å². The van der Waals surface area contributed by atoms with E-state index in [9.17, 15) is 5.11 Å². The largest absolute Gasteiger partial charge is 0.388 e. The Kier molecular flexibility index (Phi) is 2.97. The molecule has 0 radical (unpaired) electrons. The molecule has 1 aliphatic rings. The van der Waals surface area contributed by atoms with E-state index in [1.165, 1.54) is 38.2 Å². The van der Waals surface area contributed by atoms with Crippen LogP contribution in [0.25, 0.3) is 32.7 Å². The Morgan fingerprint density at radius 3 is 2.25 bits per heavy atom. The van der Waals surface area contributed by atoms with Crippen LogP contribution in [0, 0.1) is 0 Å². The van der Waals surface area contributed by atoms with Gasteiger partial charge >= 0.3 is 0 Å². The Hall–Kier alpha value is -2.64. The Bertz CT molecular complexity index is 1080. The van der Waals surface area contributed by atoms with Gasteiger partial charge in [-0.1, -0.05) is 66.7 Å². The fraction of sp³-hybridized carbons (Fsp3) is 0.130. The van der Waals surface area contributed by atoms with Crippen LogP contribution in [-0.4, -0.2) is 5.11 Å². The molecule has 1 heteroatoms. The summed E-state index contributed by atoms with van der Waals surface area (Å²) in [6, 6.07) is 25.8. The number of hydrogen-bond acceptors (Lipinski definition) is 1. The maximum Gasteiger partial charge on any atom is 0.0805 e. The van der Waals surface area contributed by atoms with Gasteiger partial charge in [-0.25, -0.2) is 0 Å². The van der Waals surface area contributed by atoms with Gasteiger partial charge in [-0.15, -0.1) is 0 Å². The average molecular weight is 310 g/mol. The monoisotopic (exact) mass is 310 g/mol. The van der Waals surface area contributed by atoms with E-state index in [0.717, 1.165) is 18.4 Å². The van der Waals surface area contributed by atoms with E-state index in [0.29, 0.717) is 0 Å². The summed E-state index contributed by atoms with van der Waals surface area (Å²) in [6.45, 7) is 0. The van der Waals surface area contributed by atoms with Crippen molar-refractivity contribution in [3.63, 3.8) is 0 Å². The highest BCUT2D eigenvalue weighted by Crippen LogP contribution is 2.42. The number of benzene rings is 4. The summed E-state index contributed by atoms with van der Waals surface area (Å²) in [7, 11) is 0. The van der Waals surface area contributed by atoms with Crippen molar-refractivity contribution in [3.8, 4) is 11.1 Å². The predicted octanol–water partition coefficient (Wildman–Crippen LogP) is 5.64. The van der Waals surface area contributed by atoms with Crippen molar-refractivity contribution in [2.45, 2.75) is 18.9 Å². The standard InChI is InChI=1S/C23H18O/c24-22-12-10-18-13-16-6-1-2-7-17(16)14-21(18)20-11-9-15-5-3-4-8-19(15)23(20)22/h1-9,11,13-14,22,24H,10,12H2. The molecule has 0 heterocycles. The fourth-order valence-corrected chi connectivity index (χ4v) is 4.07. The molecule has 0 saturated heterocycles. The lowest BCUT2D eigenvalue weighted by molar-refractivity contribution is 0.171. The first-order valence-electron chi connectivity index (χ1n) is 8.53. The van der Waals surface area contributed by atoms with Crippen molar-refractivity contribution in [2.24, 2.45) is 0 Å². The lowest BCUT2D eigenvalue weighted by Crippen LogP contribution is -1.99.